The topological polar surface area (TPSA) is 71.0 Å². The summed E-state index contributed by atoms with van der Waals surface area (Å²) < 4.78 is 10.6. The first-order valence-electron chi connectivity index (χ1n) is 8.93. The molecule has 0 aromatic heterocycles. The zero-order chi connectivity index (χ0) is 20.5. The number of nitrogens with zero attached hydrogens (tertiary/aromatic N) is 1. The predicted octanol–water partition coefficient (Wildman–Crippen LogP) is 4.83. The molecule has 0 radical (unpaired) electrons. The lowest BCUT2D eigenvalue weighted by atomic mass is 10.0. The second kappa shape index (κ2) is 7.56. The lowest BCUT2D eigenvalue weighted by Gasteiger charge is -2.38. The number of rotatable bonds is 4. The number of nitrogens with one attached hydrogen (secondary N) is 1. The first-order valence-corrected chi connectivity index (χ1v) is 9.31. The van der Waals surface area contributed by atoms with Crippen molar-refractivity contribution in [3.8, 4) is 17.2 Å². The van der Waals surface area contributed by atoms with Crippen LogP contribution in [-0.2, 0) is 0 Å². The molecule has 148 valence electrons. The molecule has 1 aliphatic heterocycles. The molecule has 3 aromatic carbocycles. The number of carbonyl (C=O) groups excluding carboxylic acids is 1. The van der Waals surface area contributed by atoms with Crippen molar-refractivity contribution >= 4 is 28.9 Å². The van der Waals surface area contributed by atoms with Gasteiger partial charge in [-0.05, 0) is 48.5 Å². The third-order valence-electron chi connectivity index (χ3n) is 4.85. The van der Waals surface area contributed by atoms with Crippen molar-refractivity contribution in [3.63, 3.8) is 0 Å². The van der Waals surface area contributed by atoms with Gasteiger partial charge in [0.25, 0.3) is 5.91 Å². The maximum atomic E-state index is 13.4. The van der Waals surface area contributed by atoms with Crippen molar-refractivity contribution in [2.24, 2.45) is 0 Å². The van der Waals surface area contributed by atoms with E-state index < -0.39 is 6.17 Å². The summed E-state index contributed by atoms with van der Waals surface area (Å²) >= 11 is 6.04. The first-order chi connectivity index (χ1) is 14.0. The summed E-state index contributed by atoms with van der Waals surface area (Å²) in [5.74, 6) is 0.254. The van der Waals surface area contributed by atoms with E-state index in [4.69, 9.17) is 21.1 Å². The molecule has 4 rings (SSSR count). The van der Waals surface area contributed by atoms with Gasteiger partial charge in [0, 0.05) is 22.0 Å². The number of halogens is 1. The molecule has 1 aliphatic rings. The smallest absolute Gasteiger partial charge is 0.262 e. The SMILES string of the molecule is COc1cc([C@H]2Nc3ccccc3C(=O)N2c2ccc(Cl)cc2)cc(OC)c1O. The van der Waals surface area contributed by atoms with Gasteiger partial charge in [0.05, 0.1) is 19.8 Å². The predicted molar refractivity (Wildman–Crippen MR) is 112 cm³/mol. The van der Waals surface area contributed by atoms with Gasteiger partial charge in [0.15, 0.2) is 11.5 Å². The molecule has 1 heterocycles. The molecule has 2 N–H and O–H groups in total. The van der Waals surface area contributed by atoms with Gasteiger partial charge in [-0.15, -0.1) is 0 Å². The van der Waals surface area contributed by atoms with E-state index in [0.29, 0.717) is 21.8 Å². The quantitative estimate of drug-likeness (QED) is 0.644. The highest BCUT2D eigenvalue weighted by Gasteiger charge is 2.35. The number of fused-ring (bicyclic) bond motifs is 1. The summed E-state index contributed by atoms with van der Waals surface area (Å²) in [4.78, 5) is 15.0. The summed E-state index contributed by atoms with van der Waals surface area (Å²) in [6, 6.07) is 17.7. The number of anilines is 2. The molecule has 6 nitrogen and oxygen atoms in total. The zero-order valence-corrected chi connectivity index (χ0v) is 16.6. The van der Waals surface area contributed by atoms with Gasteiger partial charge in [-0.2, -0.15) is 0 Å². The highest BCUT2D eigenvalue weighted by molar-refractivity contribution is 6.30. The van der Waals surface area contributed by atoms with Gasteiger partial charge in [-0.1, -0.05) is 23.7 Å². The second-order valence-corrected chi connectivity index (χ2v) is 6.95. The Morgan fingerprint density at radius 3 is 2.24 bits per heavy atom. The van der Waals surface area contributed by atoms with Crippen LogP contribution in [0.5, 0.6) is 17.2 Å². The van der Waals surface area contributed by atoms with E-state index in [9.17, 15) is 9.90 Å². The molecule has 1 atom stereocenters. The van der Waals surface area contributed by atoms with E-state index in [1.54, 1.807) is 47.4 Å². The van der Waals surface area contributed by atoms with Crippen molar-refractivity contribution in [3.05, 3.63) is 76.8 Å². The normalized spacial score (nSPS) is 15.5. The minimum atomic E-state index is -0.554. The number of phenolic OH excluding ortho intramolecular Hbond substituents is 1. The lowest BCUT2D eigenvalue weighted by molar-refractivity contribution is 0.0975. The van der Waals surface area contributed by atoms with Crippen molar-refractivity contribution in [1.29, 1.82) is 0 Å². The molecule has 0 unspecified atom stereocenters. The summed E-state index contributed by atoms with van der Waals surface area (Å²) in [6.45, 7) is 0. The van der Waals surface area contributed by atoms with E-state index >= 15 is 0 Å². The molecule has 0 saturated carbocycles. The fourth-order valence-electron chi connectivity index (χ4n) is 3.43. The van der Waals surface area contributed by atoms with Crippen LogP contribution in [0.15, 0.2) is 60.7 Å². The molecule has 0 saturated heterocycles. The summed E-state index contributed by atoms with van der Waals surface area (Å²) in [5.41, 5.74) is 2.65. The van der Waals surface area contributed by atoms with Crippen LogP contribution in [0.1, 0.15) is 22.1 Å². The number of aromatic hydroxyl groups is 1. The fourth-order valence-corrected chi connectivity index (χ4v) is 3.55. The minimum absolute atomic E-state index is 0.0978. The Morgan fingerprint density at radius 1 is 1.00 bits per heavy atom. The average molecular weight is 411 g/mol. The number of carbonyl (C=O) groups is 1. The molecule has 7 heteroatoms. The summed E-state index contributed by atoms with van der Waals surface area (Å²) in [6.07, 6.45) is -0.554. The van der Waals surface area contributed by atoms with E-state index in [-0.39, 0.29) is 23.2 Å². The largest absolute Gasteiger partial charge is 0.502 e. The number of amides is 1. The minimum Gasteiger partial charge on any atom is -0.502 e. The van der Waals surface area contributed by atoms with E-state index in [1.165, 1.54) is 14.2 Å². The molecule has 0 fully saturated rings. The van der Waals surface area contributed by atoms with Gasteiger partial charge in [-0.3, -0.25) is 9.69 Å². The Bertz CT molecular complexity index is 1040. The van der Waals surface area contributed by atoms with E-state index in [0.717, 1.165) is 5.69 Å². The Kier molecular flexibility index (Phi) is 4.94. The molecule has 0 bridgehead atoms. The molecule has 29 heavy (non-hydrogen) atoms. The van der Waals surface area contributed by atoms with Crippen molar-refractivity contribution in [2.45, 2.75) is 6.17 Å². The van der Waals surface area contributed by atoms with Crippen LogP contribution in [0, 0.1) is 0 Å². The molecular weight excluding hydrogens is 392 g/mol. The monoisotopic (exact) mass is 410 g/mol. The average Bonchev–Trinajstić information content (AvgIpc) is 2.75. The standard InChI is InChI=1S/C22H19ClN2O4/c1-28-18-11-13(12-19(29-2)20(18)26)21-24-17-6-4-3-5-16(17)22(27)25(21)15-9-7-14(23)8-10-15/h3-12,21,24,26H,1-2H3/t21-/m0/s1. The third-order valence-corrected chi connectivity index (χ3v) is 5.10. The summed E-state index contributed by atoms with van der Waals surface area (Å²) in [7, 11) is 2.92. The van der Waals surface area contributed by atoms with Crippen molar-refractivity contribution in [1.82, 2.24) is 0 Å². The van der Waals surface area contributed by atoms with E-state index in [2.05, 4.69) is 5.32 Å². The van der Waals surface area contributed by atoms with Crippen LogP contribution in [0.4, 0.5) is 11.4 Å². The van der Waals surface area contributed by atoms with Gasteiger partial charge in [-0.25, -0.2) is 0 Å². The fraction of sp³-hybridized carbons (Fsp3) is 0.136. The van der Waals surface area contributed by atoms with Crippen LogP contribution in [0.2, 0.25) is 5.02 Å². The molecule has 0 spiro atoms. The number of methoxy groups -OCH3 is 2. The van der Waals surface area contributed by atoms with Crippen LogP contribution in [-0.4, -0.2) is 25.2 Å². The Hall–Kier alpha value is -3.38. The highest BCUT2D eigenvalue weighted by atomic mass is 35.5. The number of hydrogen-bond donors (Lipinski definition) is 2. The molecular formula is C22H19ClN2O4. The number of para-hydroxylation sites is 1. The summed E-state index contributed by atoms with van der Waals surface area (Å²) in [5, 5.41) is 14.3. The first kappa shape index (κ1) is 19.0. The number of phenols is 1. The van der Waals surface area contributed by atoms with Gasteiger partial charge in [0.2, 0.25) is 5.75 Å². The van der Waals surface area contributed by atoms with Crippen molar-refractivity contribution in [2.75, 3.05) is 24.4 Å². The molecule has 3 aromatic rings. The molecule has 0 aliphatic carbocycles. The van der Waals surface area contributed by atoms with Gasteiger partial charge < -0.3 is 19.9 Å². The van der Waals surface area contributed by atoms with Crippen molar-refractivity contribution < 1.29 is 19.4 Å². The molecule has 1 amide bonds. The second-order valence-electron chi connectivity index (χ2n) is 6.52. The Labute approximate surface area is 173 Å². The maximum absolute atomic E-state index is 13.4. The van der Waals surface area contributed by atoms with Gasteiger partial charge in [0.1, 0.15) is 6.17 Å². The Balaban J connectivity index is 1.89. The number of ether oxygens (including phenoxy) is 2. The number of hydrogen-bond acceptors (Lipinski definition) is 5. The zero-order valence-electron chi connectivity index (χ0n) is 15.8. The maximum Gasteiger partial charge on any atom is 0.262 e. The lowest BCUT2D eigenvalue weighted by Crippen LogP contribution is -2.43. The van der Waals surface area contributed by atoms with Crippen LogP contribution in [0.25, 0.3) is 0 Å². The van der Waals surface area contributed by atoms with E-state index in [1.807, 2.05) is 18.2 Å². The third kappa shape index (κ3) is 3.32. The van der Waals surface area contributed by atoms with Crippen LogP contribution in [0.3, 0.4) is 0 Å². The van der Waals surface area contributed by atoms with Gasteiger partial charge >= 0.3 is 0 Å². The van der Waals surface area contributed by atoms with Crippen LogP contribution < -0.4 is 19.7 Å². The Morgan fingerprint density at radius 2 is 1.62 bits per heavy atom. The highest BCUT2D eigenvalue weighted by Crippen LogP contribution is 2.43. The van der Waals surface area contributed by atoms with Crippen LogP contribution >= 0.6 is 11.6 Å². The number of benzene rings is 3.